The number of halogens is 4. The molecule has 0 saturated carbocycles. The summed E-state index contributed by atoms with van der Waals surface area (Å²) in [7, 11) is 0. The molecule has 0 aliphatic heterocycles. The third kappa shape index (κ3) is 10.5. The number of carboxylic acids is 2. The molecule has 0 radical (unpaired) electrons. The van der Waals surface area contributed by atoms with E-state index < -0.39 is 24.1 Å². The highest BCUT2D eigenvalue weighted by atomic mass is 19.4. The maximum atomic E-state index is 14.3. The summed E-state index contributed by atoms with van der Waals surface area (Å²) in [5.74, 6) is -2.42. The van der Waals surface area contributed by atoms with Gasteiger partial charge in [0.25, 0.3) is 0 Å². The van der Waals surface area contributed by atoms with Gasteiger partial charge in [-0.2, -0.15) is 0 Å². The number of aromatic carboxylic acids is 2. The second kappa shape index (κ2) is 15.1. The molecule has 0 saturated heterocycles. The van der Waals surface area contributed by atoms with Crippen LogP contribution in [0.3, 0.4) is 0 Å². The molecule has 4 aromatic carbocycles. The first kappa shape index (κ1) is 32.8. The largest absolute Gasteiger partial charge is 0.573 e. The van der Waals surface area contributed by atoms with E-state index in [0.717, 1.165) is 11.1 Å². The average Bonchev–Trinajstić information content (AvgIpc) is 3.00. The SMILES string of the molecule is O=C(O)c1ccc(CCC(C=Cc2cc(F)ccc2OCc2ccc(OC(F)(F)F)cc2)CCc2ccc(C(=O)O)cc2)cc1. The number of allylic oxidation sites excluding steroid dienone is 1. The van der Waals surface area contributed by atoms with Crippen LogP contribution in [0.15, 0.2) is 97.1 Å². The summed E-state index contributed by atoms with van der Waals surface area (Å²) in [5.41, 5.74) is 3.39. The highest BCUT2D eigenvalue weighted by Gasteiger charge is 2.31. The summed E-state index contributed by atoms with van der Waals surface area (Å²) in [6.07, 6.45) is 1.66. The Hall–Kier alpha value is -5.12. The minimum atomic E-state index is -4.79. The maximum Gasteiger partial charge on any atom is 0.573 e. The lowest BCUT2D eigenvalue weighted by Crippen LogP contribution is -2.17. The van der Waals surface area contributed by atoms with E-state index in [-0.39, 0.29) is 29.4 Å². The number of rotatable bonds is 14. The van der Waals surface area contributed by atoms with Gasteiger partial charge in [-0.05, 0) is 103 Å². The molecule has 0 atom stereocenters. The fraction of sp³-hybridized carbons (Fsp3) is 0.200. The lowest BCUT2D eigenvalue weighted by molar-refractivity contribution is -0.274. The Morgan fingerprint density at radius 1 is 0.733 bits per heavy atom. The smallest absolute Gasteiger partial charge is 0.488 e. The molecule has 6 nitrogen and oxygen atoms in total. The molecule has 45 heavy (non-hydrogen) atoms. The van der Waals surface area contributed by atoms with Gasteiger partial charge in [0.05, 0.1) is 11.1 Å². The first-order valence-corrected chi connectivity index (χ1v) is 14.0. The molecular weight excluding hydrogens is 592 g/mol. The first-order chi connectivity index (χ1) is 21.4. The van der Waals surface area contributed by atoms with Gasteiger partial charge >= 0.3 is 18.3 Å². The van der Waals surface area contributed by atoms with Crippen LogP contribution in [-0.2, 0) is 19.4 Å². The molecule has 0 fully saturated rings. The number of ether oxygens (including phenoxy) is 2. The van der Waals surface area contributed by atoms with Crippen molar-refractivity contribution in [2.24, 2.45) is 5.92 Å². The number of carboxylic acid groups (broad SMARTS) is 2. The lowest BCUT2D eigenvalue weighted by atomic mass is 9.91. The van der Waals surface area contributed by atoms with Crippen LogP contribution in [0.1, 0.15) is 55.8 Å². The van der Waals surface area contributed by atoms with Crippen molar-refractivity contribution in [1.82, 2.24) is 0 Å². The van der Waals surface area contributed by atoms with E-state index in [0.29, 0.717) is 42.6 Å². The van der Waals surface area contributed by atoms with Gasteiger partial charge in [0.1, 0.15) is 23.9 Å². The zero-order chi connectivity index (χ0) is 32.4. The first-order valence-electron chi connectivity index (χ1n) is 14.0. The van der Waals surface area contributed by atoms with Crippen molar-refractivity contribution < 1.29 is 46.8 Å². The number of carbonyl (C=O) groups is 2. The van der Waals surface area contributed by atoms with E-state index in [9.17, 15) is 27.2 Å². The number of alkyl halides is 3. The monoisotopic (exact) mass is 622 g/mol. The summed E-state index contributed by atoms with van der Waals surface area (Å²) in [4.78, 5) is 22.4. The summed E-state index contributed by atoms with van der Waals surface area (Å²) in [6, 6.07) is 22.7. The Balaban J connectivity index is 1.47. The summed E-state index contributed by atoms with van der Waals surface area (Å²) < 4.78 is 61.4. The highest BCUT2D eigenvalue weighted by Crippen LogP contribution is 2.27. The molecule has 4 aromatic rings. The predicted octanol–water partition coefficient (Wildman–Crippen LogP) is 8.59. The van der Waals surface area contributed by atoms with Crippen LogP contribution in [0.25, 0.3) is 6.08 Å². The Kier molecular flexibility index (Phi) is 11.0. The quantitative estimate of drug-likeness (QED) is 0.137. The van der Waals surface area contributed by atoms with Gasteiger partial charge in [-0.3, -0.25) is 0 Å². The zero-order valence-corrected chi connectivity index (χ0v) is 24.0. The molecule has 234 valence electrons. The fourth-order valence-corrected chi connectivity index (χ4v) is 4.64. The topological polar surface area (TPSA) is 93.1 Å². The molecule has 0 bridgehead atoms. The number of benzene rings is 4. The zero-order valence-electron chi connectivity index (χ0n) is 24.0. The van der Waals surface area contributed by atoms with Crippen LogP contribution < -0.4 is 9.47 Å². The number of hydrogen-bond acceptors (Lipinski definition) is 4. The number of hydrogen-bond donors (Lipinski definition) is 2. The lowest BCUT2D eigenvalue weighted by Gasteiger charge is -2.15. The summed E-state index contributed by atoms with van der Waals surface area (Å²) >= 11 is 0. The van der Waals surface area contributed by atoms with Gasteiger partial charge in [0.15, 0.2) is 0 Å². The van der Waals surface area contributed by atoms with E-state index >= 15 is 0 Å². The molecule has 0 heterocycles. The van der Waals surface area contributed by atoms with Gasteiger partial charge in [-0.1, -0.05) is 48.6 Å². The average molecular weight is 623 g/mol. The van der Waals surface area contributed by atoms with Gasteiger partial charge in [0.2, 0.25) is 0 Å². The molecule has 10 heteroatoms. The molecule has 0 unspecified atom stereocenters. The Morgan fingerprint density at radius 2 is 1.24 bits per heavy atom. The van der Waals surface area contributed by atoms with Crippen LogP contribution in [-0.4, -0.2) is 28.5 Å². The third-order valence-corrected chi connectivity index (χ3v) is 7.08. The van der Waals surface area contributed by atoms with Gasteiger partial charge in [-0.25, -0.2) is 14.0 Å². The summed E-state index contributed by atoms with van der Waals surface area (Å²) in [6.45, 7) is 0.0286. The normalized spacial score (nSPS) is 11.6. The van der Waals surface area contributed by atoms with E-state index in [1.807, 2.05) is 6.08 Å². The van der Waals surface area contributed by atoms with Crippen molar-refractivity contribution in [3.05, 3.63) is 136 Å². The highest BCUT2D eigenvalue weighted by molar-refractivity contribution is 5.88. The molecule has 0 amide bonds. The Bertz CT molecular complexity index is 1550. The van der Waals surface area contributed by atoms with Crippen molar-refractivity contribution in [1.29, 1.82) is 0 Å². The molecule has 0 aliphatic rings. The summed E-state index contributed by atoms with van der Waals surface area (Å²) in [5, 5.41) is 18.3. The van der Waals surface area contributed by atoms with Crippen molar-refractivity contribution in [2.45, 2.75) is 38.7 Å². The molecule has 2 N–H and O–H groups in total. The van der Waals surface area contributed by atoms with Crippen molar-refractivity contribution in [3.63, 3.8) is 0 Å². The molecule has 0 aliphatic carbocycles. The van der Waals surface area contributed by atoms with E-state index in [1.54, 1.807) is 54.6 Å². The molecule has 0 spiro atoms. The van der Waals surface area contributed by atoms with Crippen LogP contribution >= 0.6 is 0 Å². The van der Waals surface area contributed by atoms with Gasteiger partial charge in [0, 0.05) is 5.56 Å². The second-order valence-electron chi connectivity index (χ2n) is 10.4. The standard InChI is InChI=1S/C35H30F4O6/c36-30-17-20-32(44-22-26-10-18-31(19-11-26)45-35(37,38)39)29(21-30)16-9-23(1-3-24-5-12-27(13-6-24)33(40)41)2-4-25-7-14-28(15-8-25)34(42)43/h5-21,23H,1-4,22H2,(H,40,41)(H,42,43). The Labute approximate surface area is 257 Å². The predicted molar refractivity (Wildman–Crippen MR) is 160 cm³/mol. The van der Waals surface area contributed by atoms with Gasteiger partial charge in [-0.15, -0.1) is 13.2 Å². The van der Waals surface area contributed by atoms with Crippen LogP contribution in [0.5, 0.6) is 11.5 Å². The van der Waals surface area contributed by atoms with E-state index in [2.05, 4.69) is 4.74 Å². The van der Waals surface area contributed by atoms with Crippen LogP contribution in [0.2, 0.25) is 0 Å². The van der Waals surface area contributed by atoms with Crippen molar-refractivity contribution >= 4 is 18.0 Å². The van der Waals surface area contributed by atoms with Crippen LogP contribution in [0, 0.1) is 11.7 Å². The minimum Gasteiger partial charge on any atom is -0.488 e. The molecular formula is C35H30F4O6. The fourth-order valence-electron chi connectivity index (χ4n) is 4.64. The third-order valence-electron chi connectivity index (χ3n) is 7.08. The van der Waals surface area contributed by atoms with Crippen LogP contribution in [0.4, 0.5) is 17.6 Å². The Morgan fingerprint density at radius 3 is 1.73 bits per heavy atom. The molecule has 0 aromatic heterocycles. The second-order valence-corrected chi connectivity index (χ2v) is 10.4. The molecule has 4 rings (SSSR count). The maximum absolute atomic E-state index is 14.3. The number of aryl methyl sites for hydroxylation is 2. The van der Waals surface area contributed by atoms with E-state index in [1.165, 1.54) is 42.5 Å². The van der Waals surface area contributed by atoms with Crippen molar-refractivity contribution in [2.75, 3.05) is 0 Å². The van der Waals surface area contributed by atoms with Gasteiger partial charge < -0.3 is 19.7 Å². The van der Waals surface area contributed by atoms with Crippen molar-refractivity contribution in [3.8, 4) is 11.5 Å². The minimum absolute atomic E-state index is 0.0144. The van der Waals surface area contributed by atoms with E-state index in [4.69, 9.17) is 14.9 Å².